The van der Waals surface area contributed by atoms with Crippen LogP contribution in [0.25, 0.3) is 0 Å². The van der Waals surface area contributed by atoms with Gasteiger partial charge in [-0.1, -0.05) is 29.8 Å². The van der Waals surface area contributed by atoms with Gasteiger partial charge in [-0.3, -0.25) is 4.79 Å². The largest absolute Gasteiger partial charge is 0.401 e. The predicted octanol–water partition coefficient (Wildman–Crippen LogP) is 2.84. The lowest BCUT2D eigenvalue weighted by atomic mass is 10.2. The molecule has 0 fully saturated rings. The molecule has 1 aromatic carbocycles. The molecule has 1 aromatic rings. The van der Waals surface area contributed by atoms with Crippen LogP contribution in [0.4, 0.5) is 13.2 Å². The number of nitrogens with one attached hydrogen (secondary N) is 1. The summed E-state index contributed by atoms with van der Waals surface area (Å²) in [5.41, 5.74) is 0.764. The second-order valence-electron chi connectivity index (χ2n) is 4.22. The molecule has 0 aromatic heterocycles. The topological polar surface area (TPSA) is 32.3 Å². The van der Waals surface area contributed by atoms with Gasteiger partial charge < -0.3 is 10.2 Å². The summed E-state index contributed by atoms with van der Waals surface area (Å²) in [5, 5.41) is 2.62. The van der Waals surface area contributed by atoms with Gasteiger partial charge in [-0.05, 0) is 18.6 Å². The maximum atomic E-state index is 12.0. The van der Waals surface area contributed by atoms with E-state index in [4.69, 9.17) is 11.6 Å². The lowest BCUT2D eigenvalue weighted by Crippen LogP contribution is -2.40. The lowest BCUT2D eigenvalue weighted by Gasteiger charge is -2.22. The lowest BCUT2D eigenvalue weighted by molar-refractivity contribution is -0.134. The number of hydrogen-bond donors (Lipinski definition) is 1. The quantitative estimate of drug-likeness (QED) is 0.876. The van der Waals surface area contributed by atoms with Gasteiger partial charge in [0.2, 0.25) is 5.91 Å². The highest BCUT2D eigenvalue weighted by Crippen LogP contribution is 2.17. The van der Waals surface area contributed by atoms with Gasteiger partial charge in [-0.2, -0.15) is 13.2 Å². The Morgan fingerprint density at radius 2 is 2.00 bits per heavy atom. The maximum absolute atomic E-state index is 12.0. The highest BCUT2D eigenvalue weighted by molar-refractivity contribution is 6.31. The molecule has 0 saturated carbocycles. The highest BCUT2D eigenvalue weighted by Gasteiger charge is 2.27. The molecule has 1 N–H and O–H groups in total. The van der Waals surface area contributed by atoms with Gasteiger partial charge in [-0.25, -0.2) is 0 Å². The number of likely N-dealkylation sites (N-methyl/N-ethyl adjacent to an activating group) is 1. The number of carbonyl (C=O) groups excluding carboxylic acids is 1. The molecular weight excluding hydrogens is 293 g/mol. The number of carbonyl (C=O) groups is 1. The van der Waals surface area contributed by atoms with E-state index in [1.807, 2.05) is 0 Å². The molecule has 3 nitrogen and oxygen atoms in total. The molecule has 0 bridgehead atoms. The standard InChI is InChI=1S/C13H16ClF3N2O/c1-2-19(8-10-5-3-4-6-11(10)14)12(20)7-18-9-13(15,16)17/h3-6,18H,2,7-9H2,1H3. The number of hydrogen-bond acceptors (Lipinski definition) is 2. The highest BCUT2D eigenvalue weighted by atomic mass is 35.5. The number of amides is 1. The van der Waals surface area contributed by atoms with E-state index in [9.17, 15) is 18.0 Å². The minimum absolute atomic E-state index is 0.280. The summed E-state index contributed by atoms with van der Waals surface area (Å²) in [6, 6.07) is 7.05. The van der Waals surface area contributed by atoms with Crippen LogP contribution in [0.3, 0.4) is 0 Å². The molecule has 112 valence electrons. The smallest absolute Gasteiger partial charge is 0.337 e. The summed E-state index contributed by atoms with van der Waals surface area (Å²) >= 11 is 5.99. The van der Waals surface area contributed by atoms with E-state index >= 15 is 0 Å². The number of rotatable bonds is 6. The Morgan fingerprint density at radius 3 is 2.55 bits per heavy atom. The first-order valence-corrected chi connectivity index (χ1v) is 6.50. The van der Waals surface area contributed by atoms with Gasteiger partial charge in [-0.15, -0.1) is 0 Å². The Kier molecular flexibility index (Phi) is 6.29. The molecular formula is C13H16ClF3N2O. The molecule has 20 heavy (non-hydrogen) atoms. The second-order valence-corrected chi connectivity index (χ2v) is 4.63. The third-order valence-electron chi connectivity index (χ3n) is 2.66. The van der Waals surface area contributed by atoms with Gasteiger partial charge in [0.05, 0.1) is 13.1 Å². The average molecular weight is 309 g/mol. The van der Waals surface area contributed by atoms with Crippen LogP contribution in [0.15, 0.2) is 24.3 Å². The monoisotopic (exact) mass is 308 g/mol. The van der Waals surface area contributed by atoms with E-state index in [2.05, 4.69) is 5.32 Å². The molecule has 0 aliphatic rings. The summed E-state index contributed by atoms with van der Waals surface area (Å²) in [7, 11) is 0. The van der Waals surface area contributed by atoms with E-state index in [1.165, 1.54) is 4.90 Å². The van der Waals surface area contributed by atoms with Crippen molar-refractivity contribution in [2.24, 2.45) is 0 Å². The van der Waals surface area contributed by atoms with Gasteiger partial charge in [0, 0.05) is 18.1 Å². The van der Waals surface area contributed by atoms with E-state index in [-0.39, 0.29) is 13.1 Å². The fourth-order valence-electron chi connectivity index (χ4n) is 1.63. The molecule has 0 aliphatic heterocycles. The van der Waals surface area contributed by atoms with Crippen molar-refractivity contribution >= 4 is 17.5 Å². The molecule has 0 heterocycles. The molecule has 1 amide bonds. The van der Waals surface area contributed by atoms with Crippen LogP contribution in [0.1, 0.15) is 12.5 Å². The molecule has 0 spiro atoms. The number of nitrogens with zero attached hydrogens (tertiary/aromatic N) is 1. The Morgan fingerprint density at radius 1 is 1.35 bits per heavy atom. The fourth-order valence-corrected chi connectivity index (χ4v) is 1.83. The van der Waals surface area contributed by atoms with Crippen LogP contribution in [-0.2, 0) is 11.3 Å². The van der Waals surface area contributed by atoms with Gasteiger partial charge >= 0.3 is 6.18 Å². The zero-order chi connectivity index (χ0) is 15.2. The van der Waals surface area contributed by atoms with Crippen molar-refractivity contribution in [3.05, 3.63) is 34.9 Å². The van der Waals surface area contributed by atoms with Crippen molar-refractivity contribution in [3.8, 4) is 0 Å². The number of halogens is 4. The summed E-state index contributed by atoms with van der Waals surface area (Å²) in [6.07, 6.45) is -4.32. The van der Waals surface area contributed by atoms with Crippen molar-refractivity contribution in [2.75, 3.05) is 19.6 Å². The predicted molar refractivity (Wildman–Crippen MR) is 71.5 cm³/mol. The molecule has 0 unspecified atom stereocenters. The van der Waals surface area contributed by atoms with Crippen LogP contribution >= 0.6 is 11.6 Å². The first-order valence-electron chi connectivity index (χ1n) is 6.12. The molecule has 0 radical (unpaired) electrons. The Bertz CT molecular complexity index is 451. The van der Waals surface area contributed by atoms with Crippen molar-refractivity contribution in [1.82, 2.24) is 10.2 Å². The van der Waals surface area contributed by atoms with Crippen LogP contribution in [0, 0.1) is 0 Å². The zero-order valence-corrected chi connectivity index (χ0v) is 11.8. The Labute approximate surface area is 120 Å². The van der Waals surface area contributed by atoms with Crippen molar-refractivity contribution < 1.29 is 18.0 Å². The first-order chi connectivity index (χ1) is 9.33. The normalized spacial score (nSPS) is 11.4. The van der Waals surface area contributed by atoms with Gasteiger partial charge in [0.15, 0.2) is 0 Å². The Balaban J connectivity index is 2.54. The fraction of sp³-hybridized carbons (Fsp3) is 0.462. The van der Waals surface area contributed by atoms with Crippen molar-refractivity contribution in [1.29, 1.82) is 0 Å². The van der Waals surface area contributed by atoms with E-state index < -0.39 is 18.6 Å². The number of benzene rings is 1. The van der Waals surface area contributed by atoms with Crippen LogP contribution in [0.2, 0.25) is 5.02 Å². The minimum atomic E-state index is -4.32. The molecule has 0 saturated heterocycles. The second kappa shape index (κ2) is 7.50. The summed E-state index contributed by atoms with van der Waals surface area (Å²) in [5.74, 6) is -0.392. The minimum Gasteiger partial charge on any atom is -0.337 e. The Hall–Kier alpha value is -1.27. The first kappa shape index (κ1) is 16.8. The molecule has 7 heteroatoms. The zero-order valence-electron chi connectivity index (χ0n) is 11.0. The van der Waals surface area contributed by atoms with Gasteiger partial charge in [0.1, 0.15) is 0 Å². The van der Waals surface area contributed by atoms with E-state index in [0.29, 0.717) is 11.6 Å². The van der Waals surface area contributed by atoms with Crippen molar-refractivity contribution in [3.63, 3.8) is 0 Å². The molecule has 0 atom stereocenters. The summed E-state index contributed by atoms with van der Waals surface area (Å²) in [6.45, 7) is 0.916. The van der Waals surface area contributed by atoms with Crippen LogP contribution in [0.5, 0.6) is 0 Å². The van der Waals surface area contributed by atoms with Crippen molar-refractivity contribution in [2.45, 2.75) is 19.6 Å². The van der Waals surface area contributed by atoms with E-state index in [1.54, 1.807) is 31.2 Å². The van der Waals surface area contributed by atoms with Gasteiger partial charge in [0.25, 0.3) is 0 Å². The maximum Gasteiger partial charge on any atom is 0.401 e. The number of alkyl halides is 3. The third-order valence-corrected chi connectivity index (χ3v) is 3.02. The third kappa shape index (κ3) is 5.79. The van der Waals surface area contributed by atoms with Crippen LogP contribution < -0.4 is 5.32 Å². The summed E-state index contributed by atoms with van der Waals surface area (Å²) in [4.78, 5) is 13.3. The van der Waals surface area contributed by atoms with Crippen LogP contribution in [-0.4, -0.2) is 36.6 Å². The molecule has 0 aliphatic carbocycles. The summed E-state index contributed by atoms with van der Waals surface area (Å²) < 4.78 is 36.0. The average Bonchev–Trinajstić information content (AvgIpc) is 2.36. The SMILES string of the molecule is CCN(Cc1ccccc1Cl)C(=O)CNCC(F)(F)F. The molecule has 1 rings (SSSR count). The van der Waals surface area contributed by atoms with E-state index in [0.717, 1.165) is 5.56 Å².